The maximum absolute atomic E-state index is 12.8. The Kier molecular flexibility index (Phi) is 11.6. The number of hydrogen-bond acceptors (Lipinski definition) is 13. The molecule has 1 atom stereocenters. The van der Waals surface area contributed by atoms with Crippen molar-refractivity contribution >= 4 is 55.2 Å². The number of nitrogens with two attached hydrogens (primary N) is 2. The van der Waals surface area contributed by atoms with Gasteiger partial charge in [0, 0.05) is 58.6 Å². The van der Waals surface area contributed by atoms with Gasteiger partial charge in [-0.05, 0) is 37.1 Å². The third-order valence-electron chi connectivity index (χ3n) is 6.65. The van der Waals surface area contributed by atoms with Crippen molar-refractivity contribution in [2.24, 2.45) is 0 Å². The summed E-state index contributed by atoms with van der Waals surface area (Å²) in [6, 6.07) is 5.87. The van der Waals surface area contributed by atoms with Crippen LogP contribution in [0.3, 0.4) is 0 Å². The number of carboxylic acids is 1. The Bertz CT molecular complexity index is 1420. The number of carbonyl (C=O) groups excluding carboxylic acids is 2. The second-order valence-electron chi connectivity index (χ2n) is 9.56. The minimum atomic E-state index is -2.73. The molecule has 2 amide bonds. The van der Waals surface area contributed by atoms with E-state index in [-0.39, 0.29) is 36.1 Å². The number of carboxylic acid groups (broad SMARTS) is 1. The number of benzene rings is 1. The van der Waals surface area contributed by atoms with Gasteiger partial charge in [0.1, 0.15) is 6.04 Å². The van der Waals surface area contributed by atoms with E-state index in [4.69, 9.17) is 24.7 Å². The van der Waals surface area contributed by atoms with E-state index in [0.717, 1.165) is 5.69 Å². The van der Waals surface area contributed by atoms with Gasteiger partial charge in [-0.25, -0.2) is 14.8 Å². The van der Waals surface area contributed by atoms with Gasteiger partial charge in [0.05, 0.1) is 18.4 Å². The van der Waals surface area contributed by atoms with Crippen LogP contribution in [0.4, 0.5) is 17.5 Å². The number of nitrogens with zero attached hydrogens (tertiary/aromatic N) is 5. The van der Waals surface area contributed by atoms with E-state index < -0.39 is 26.7 Å². The van der Waals surface area contributed by atoms with Crippen molar-refractivity contribution in [3.8, 4) is 0 Å². The number of anilines is 3. The zero-order valence-corrected chi connectivity index (χ0v) is 25.5. The highest BCUT2D eigenvalue weighted by Gasteiger charge is 2.36. The van der Waals surface area contributed by atoms with Gasteiger partial charge < -0.3 is 45.4 Å². The SMILES string of the molecule is CO[Si](CCCNC(=O)CC[C@@H](NC(=O)c1ccc(N(C)Cc2cnc3nc(N)nc(N)c3n2)cc1)C(=O)O)(OC)OC. The normalized spacial score (nSPS) is 12.1. The van der Waals surface area contributed by atoms with E-state index in [1.54, 1.807) is 30.5 Å². The van der Waals surface area contributed by atoms with E-state index in [1.807, 2.05) is 11.9 Å². The summed E-state index contributed by atoms with van der Waals surface area (Å²) in [6.45, 7) is 0.717. The lowest BCUT2D eigenvalue weighted by atomic mass is 10.1. The number of hydrogen-bond donors (Lipinski definition) is 5. The summed E-state index contributed by atoms with van der Waals surface area (Å²) in [5, 5.41) is 14.8. The molecule has 0 aliphatic heterocycles. The lowest BCUT2D eigenvalue weighted by Crippen LogP contribution is -2.43. The second kappa shape index (κ2) is 15.1. The molecule has 0 aliphatic rings. The Hall–Kier alpha value is -4.45. The largest absolute Gasteiger partial charge is 0.500 e. The molecule has 3 rings (SSSR count). The summed E-state index contributed by atoms with van der Waals surface area (Å²) in [7, 11) is 3.64. The summed E-state index contributed by atoms with van der Waals surface area (Å²) in [5.41, 5.74) is 13.8. The molecule has 17 heteroatoms. The molecule has 0 saturated carbocycles. The van der Waals surface area contributed by atoms with Crippen molar-refractivity contribution in [1.29, 1.82) is 0 Å². The first kappa shape index (κ1) is 33.1. The third-order valence-corrected chi connectivity index (χ3v) is 9.48. The van der Waals surface area contributed by atoms with E-state index >= 15 is 0 Å². The van der Waals surface area contributed by atoms with Crippen molar-refractivity contribution in [3.05, 3.63) is 41.7 Å². The molecule has 0 aliphatic carbocycles. The topological polar surface area (TPSA) is 230 Å². The van der Waals surface area contributed by atoms with E-state index in [2.05, 4.69) is 30.6 Å². The number of aromatic nitrogens is 4. The highest BCUT2D eigenvalue weighted by molar-refractivity contribution is 6.60. The van der Waals surface area contributed by atoms with Crippen LogP contribution in [0.5, 0.6) is 0 Å². The molecule has 0 spiro atoms. The molecule has 0 unspecified atom stereocenters. The lowest BCUT2D eigenvalue weighted by molar-refractivity contribution is -0.139. The minimum absolute atomic E-state index is 0.0153. The monoisotopic (exact) mass is 615 g/mol. The van der Waals surface area contributed by atoms with Crippen molar-refractivity contribution in [2.75, 3.05) is 51.3 Å². The fraction of sp³-hybridized carbons (Fsp3) is 0.423. The maximum Gasteiger partial charge on any atom is 0.500 e. The Morgan fingerprint density at radius 3 is 2.35 bits per heavy atom. The van der Waals surface area contributed by atoms with E-state index in [1.165, 1.54) is 21.3 Å². The van der Waals surface area contributed by atoms with E-state index in [9.17, 15) is 19.5 Å². The van der Waals surface area contributed by atoms with Crippen molar-refractivity contribution in [1.82, 2.24) is 30.6 Å². The molecule has 0 bridgehead atoms. The fourth-order valence-electron chi connectivity index (χ4n) is 4.21. The van der Waals surface area contributed by atoms with Crippen LogP contribution in [-0.2, 0) is 29.4 Å². The number of nitrogens with one attached hydrogen (secondary N) is 2. The molecule has 7 N–H and O–H groups in total. The minimum Gasteiger partial charge on any atom is -0.480 e. The first-order valence-electron chi connectivity index (χ1n) is 13.3. The van der Waals surface area contributed by atoms with Crippen LogP contribution in [-0.4, -0.2) is 92.6 Å². The molecule has 16 nitrogen and oxygen atoms in total. The van der Waals surface area contributed by atoms with Gasteiger partial charge in [-0.1, -0.05) is 0 Å². The molecule has 2 aromatic heterocycles. The molecule has 0 radical (unpaired) electrons. The van der Waals surface area contributed by atoms with Crippen LogP contribution in [0.1, 0.15) is 35.3 Å². The molecular weight excluding hydrogens is 578 g/mol. The predicted octanol–water partition coefficient (Wildman–Crippen LogP) is 0.568. The summed E-state index contributed by atoms with van der Waals surface area (Å²) >= 11 is 0. The van der Waals surface area contributed by atoms with Crippen molar-refractivity contribution in [2.45, 2.75) is 37.9 Å². The zero-order chi connectivity index (χ0) is 31.6. The fourth-order valence-corrected chi connectivity index (χ4v) is 5.93. The van der Waals surface area contributed by atoms with Gasteiger partial charge in [0.15, 0.2) is 17.0 Å². The smallest absolute Gasteiger partial charge is 0.480 e. The number of nitrogen functional groups attached to an aromatic ring is 2. The number of amides is 2. The summed E-state index contributed by atoms with van der Waals surface area (Å²) in [5.74, 6) is -1.99. The summed E-state index contributed by atoms with van der Waals surface area (Å²) < 4.78 is 16.0. The lowest BCUT2D eigenvalue weighted by Gasteiger charge is -2.24. The average molecular weight is 616 g/mol. The van der Waals surface area contributed by atoms with Gasteiger partial charge >= 0.3 is 14.8 Å². The highest BCUT2D eigenvalue weighted by atomic mass is 28.4. The maximum atomic E-state index is 12.8. The first-order valence-corrected chi connectivity index (χ1v) is 15.3. The second-order valence-corrected chi connectivity index (χ2v) is 12.6. The molecule has 43 heavy (non-hydrogen) atoms. The predicted molar refractivity (Wildman–Crippen MR) is 160 cm³/mol. The molecule has 0 saturated heterocycles. The van der Waals surface area contributed by atoms with Crippen LogP contribution in [0.15, 0.2) is 30.5 Å². The quantitative estimate of drug-likeness (QED) is 0.110. The Balaban J connectivity index is 1.51. The van der Waals surface area contributed by atoms with Gasteiger partial charge in [0.2, 0.25) is 11.9 Å². The number of rotatable bonds is 16. The number of carbonyl (C=O) groups is 3. The number of fused-ring (bicyclic) bond motifs is 1. The van der Waals surface area contributed by atoms with Crippen LogP contribution >= 0.6 is 0 Å². The van der Waals surface area contributed by atoms with Crippen LogP contribution < -0.4 is 27.0 Å². The molecule has 1 aromatic carbocycles. The number of aliphatic carboxylic acids is 1. The van der Waals surface area contributed by atoms with Gasteiger partial charge in [-0.15, -0.1) is 0 Å². The summed E-state index contributed by atoms with van der Waals surface area (Å²) in [4.78, 5) is 55.3. The third kappa shape index (κ3) is 9.01. The Labute approximate surface area is 249 Å². The zero-order valence-electron chi connectivity index (χ0n) is 24.5. The molecule has 0 fully saturated rings. The van der Waals surface area contributed by atoms with Crippen LogP contribution in [0.2, 0.25) is 6.04 Å². The van der Waals surface area contributed by atoms with Crippen molar-refractivity contribution in [3.63, 3.8) is 0 Å². The summed E-state index contributed by atoms with van der Waals surface area (Å²) in [6.07, 6.45) is 1.97. The van der Waals surface area contributed by atoms with Gasteiger partial charge in [0.25, 0.3) is 5.91 Å². The van der Waals surface area contributed by atoms with Gasteiger partial charge in [-0.3, -0.25) is 9.59 Å². The molecule has 3 aromatic rings. The average Bonchev–Trinajstić information content (AvgIpc) is 2.99. The first-order chi connectivity index (χ1) is 20.5. The standard InChI is InChI=1S/C26H37N9O7Si/c1-35(15-17-14-30-23-21(31-17)22(27)33-26(28)34-23)18-8-6-16(7-9-18)24(37)32-19(25(38)39)10-11-20(36)29-12-5-13-43(40-2,41-3)42-4/h6-9,14,19H,5,10-13,15H2,1-4H3,(H,29,36)(H,32,37)(H,38,39)(H4,27,28,30,33,34)/t19-/m1/s1. The molecule has 2 heterocycles. The van der Waals surface area contributed by atoms with Crippen molar-refractivity contribution < 1.29 is 32.8 Å². The van der Waals surface area contributed by atoms with Crippen LogP contribution in [0, 0.1) is 0 Å². The van der Waals surface area contributed by atoms with Gasteiger partial charge in [-0.2, -0.15) is 9.97 Å². The molecule has 232 valence electrons. The van der Waals surface area contributed by atoms with E-state index in [0.29, 0.717) is 42.4 Å². The molecular formula is C26H37N9O7Si. The highest BCUT2D eigenvalue weighted by Crippen LogP contribution is 2.19. The Morgan fingerprint density at radius 2 is 1.72 bits per heavy atom. The van der Waals surface area contributed by atoms with Crippen LogP contribution in [0.25, 0.3) is 11.2 Å². The Morgan fingerprint density at radius 1 is 1.05 bits per heavy atom.